The summed E-state index contributed by atoms with van der Waals surface area (Å²) >= 11 is 0. The largest absolute Gasteiger partial charge is 0.467 e. The summed E-state index contributed by atoms with van der Waals surface area (Å²) in [4.78, 5) is 37.2. The fourth-order valence-corrected chi connectivity index (χ4v) is 3.06. The van der Waals surface area contributed by atoms with Crippen LogP contribution in [0, 0.1) is 13.8 Å². The van der Waals surface area contributed by atoms with Gasteiger partial charge in [0.1, 0.15) is 18.7 Å². The number of nitrogens with one attached hydrogen (secondary N) is 2. The summed E-state index contributed by atoms with van der Waals surface area (Å²) in [7, 11) is 1.23. The van der Waals surface area contributed by atoms with Gasteiger partial charge in [0.15, 0.2) is 0 Å². The number of esters is 1. The van der Waals surface area contributed by atoms with Gasteiger partial charge in [-0.1, -0.05) is 48.5 Å². The highest BCUT2D eigenvalue weighted by molar-refractivity contribution is 5.90. The molecule has 0 fully saturated rings. The zero-order valence-electron chi connectivity index (χ0n) is 18.8. The Morgan fingerprint density at radius 3 is 2.25 bits per heavy atom. The molecule has 8 nitrogen and oxygen atoms in total. The molecule has 0 spiro atoms. The standard InChI is InChI=1S/C24H30N2O6/c1-15-10-11-19(12-16(15)2)13-20(23(29)31-4)25-22(28)21(17(3)27)26-24(30)32-14-18-8-6-5-7-9-18/h5-12,17,20-21,27H,13-14H2,1-4H3,(H,25,28)(H,26,30)/t17-,20-,21+/m1/s1. The van der Waals surface area contributed by atoms with Crippen LogP contribution in [0.2, 0.25) is 0 Å². The van der Waals surface area contributed by atoms with Crippen molar-refractivity contribution in [2.75, 3.05) is 7.11 Å². The van der Waals surface area contributed by atoms with E-state index in [1.54, 1.807) is 12.1 Å². The van der Waals surface area contributed by atoms with Crippen LogP contribution in [0.5, 0.6) is 0 Å². The number of aliphatic hydroxyl groups excluding tert-OH is 1. The Morgan fingerprint density at radius 2 is 1.66 bits per heavy atom. The van der Waals surface area contributed by atoms with E-state index in [0.29, 0.717) is 0 Å². The first-order valence-corrected chi connectivity index (χ1v) is 10.3. The van der Waals surface area contributed by atoms with Crippen LogP contribution in [-0.2, 0) is 32.1 Å². The zero-order chi connectivity index (χ0) is 23.7. The molecule has 2 amide bonds. The van der Waals surface area contributed by atoms with E-state index in [-0.39, 0.29) is 13.0 Å². The van der Waals surface area contributed by atoms with Gasteiger partial charge < -0.3 is 25.2 Å². The maximum atomic E-state index is 12.8. The minimum atomic E-state index is -1.31. The van der Waals surface area contributed by atoms with Crippen LogP contribution >= 0.6 is 0 Å². The van der Waals surface area contributed by atoms with Crippen molar-refractivity contribution < 1.29 is 29.0 Å². The normalized spacial score (nSPS) is 13.4. The fraction of sp³-hybridized carbons (Fsp3) is 0.375. The van der Waals surface area contributed by atoms with Crippen LogP contribution in [0.4, 0.5) is 4.79 Å². The average Bonchev–Trinajstić information content (AvgIpc) is 2.77. The Morgan fingerprint density at radius 1 is 0.969 bits per heavy atom. The van der Waals surface area contributed by atoms with Gasteiger partial charge in [-0.3, -0.25) is 4.79 Å². The van der Waals surface area contributed by atoms with E-state index in [2.05, 4.69) is 10.6 Å². The summed E-state index contributed by atoms with van der Waals surface area (Å²) in [6.07, 6.45) is -1.89. The van der Waals surface area contributed by atoms with Gasteiger partial charge in [0.2, 0.25) is 5.91 Å². The number of rotatable bonds is 9. The zero-order valence-corrected chi connectivity index (χ0v) is 18.8. The van der Waals surface area contributed by atoms with Crippen LogP contribution in [-0.4, -0.2) is 48.4 Å². The van der Waals surface area contributed by atoms with Crippen molar-refractivity contribution in [1.82, 2.24) is 10.6 Å². The lowest BCUT2D eigenvalue weighted by atomic mass is 10.0. The van der Waals surface area contributed by atoms with Crippen molar-refractivity contribution in [2.24, 2.45) is 0 Å². The lowest BCUT2D eigenvalue weighted by Gasteiger charge is -2.24. The van der Waals surface area contributed by atoms with Gasteiger partial charge in [-0.2, -0.15) is 0 Å². The van der Waals surface area contributed by atoms with Gasteiger partial charge in [0.25, 0.3) is 0 Å². The van der Waals surface area contributed by atoms with Gasteiger partial charge in [0.05, 0.1) is 13.2 Å². The quantitative estimate of drug-likeness (QED) is 0.513. The van der Waals surface area contributed by atoms with Crippen molar-refractivity contribution in [1.29, 1.82) is 0 Å². The molecule has 2 aromatic rings. The topological polar surface area (TPSA) is 114 Å². The first kappa shape index (κ1) is 24.9. The van der Waals surface area contributed by atoms with Gasteiger partial charge >= 0.3 is 12.1 Å². The van der Waals surface area contributed by atoms with Crippen LogP contribution in [0.3, 0.4) is 0 Å². The Kier molecular flexibility index (Phi) is 9.22. The van der Waals surface area contributed by atoms with E-state index >= 15 is 0 Å². The molecular formula is C24H30N2O6. The summed E-state index contributed by atoms with van der Waals surface area (Å²) in [6.45, 7) is 5.31. The predicted molar refractivity (Wildman–Crippen MR) is 119 cm³/mol. The third-order valence-corrected chi connectivity index (χ3v) is 5.06. The number of carbonyl (C=O) groups excluding carboxylic acids is 3. The number of hydrogen-bond donors (Lipinski definition) is 3. The minimum Gasteiger partial charge on any atom is -0.467 e. The third-order valence-electron chi connectivity index (χ3n) is 5.06. The van der Waals surface area contributed by atoms with E-state index in [1.807, 2.05) is 50.2 Å². The lowest BCUT2D eigenvalue weighted by Crippen LogP contribution is -2.56. The molecular weight excluding hydrogens is 412 g/mol. The summed E-state index contributed by atoms with van der Waals surface area (Å²) < 4.78 is 9.94. The van der Waals surface area contributed by atoms with Gasteiger partial charge in [-0.25, -0.2) is 9.59 Å². The highest BCUT2D eigenvalue weighted by atomic mass is 16.5. The smallest absolute Gasteiger partial charge is 0.408 e. The van der Waals surface area contributed by atoms with E-state index in [4.69, 9.17) is 9.47 Å². The fourth-order valence-electron chi connectivity index (χ4n) is 3.06. The van der Waals surface area contributed by atoms with Crippen molar-refractivity contribution >= 4 is 18.0 Å². The number of alkyl carbamates (subject to hydrolysis) is 1. The summed E-state index contributed by atoms with van der Waals surface area (Å²) in [5.41, 5.74) is 3.79. The first-order valence-electron chi connectivity index (χ1n) is 10.3. The van der Waals surface area contributed by atoms with Crippen LogP contribution < -0.4 is 10.6 Å². The molecule has 0 aliphatic heterocycles. The van der Waals surface area contributed by atoms with Crippen LogP contribution in [0.15, 0.2) is 48.5 Å². The Hall–Kier alpha value is -3.39. The number of ether oxygens (including phenoxy) is 2. The molecule has 0 heterocycles. The molecule has 2 aromatic carbocycles. The number of amides is 2. The van der Waals surface area contributed by atoms with Gasteiger partial charge in [-0.15, -0.1) is 0 Å². The minimum absolute atomic E-state index is 0.0123. The van der Waals surface area contributed by atoms with Crippen molar-refractivity contribution in [3.63, 3.8) is 0 Å². The SMILES string of the molecule is COC(=O)[C@@H](Cc1ccc(C)c(C)c1)NC(=O)[C@@H](NC(=O)OCc1ccccc1)[C@@H](C)O. The number of aryl methyl sites for hydroxylation is 2. The van der Waals surface area contributed by atoms with E-state index in [0.717, 1.165) is 22.3 Å². The lowest BCUT2D eigenvalue weighted by molar-refractivity contribution is -0.145. The Balaban J connectivity index is 2.04. The van der Waals surface area contributed by atoms with Crippen molar-refractivity contribution in [2.45, 2.75) is 52.0 Å². The first-order chi connectivity index (χ1) is 15.2. The maximum Gasteiger partial charge on any atom is 0.408 e. The molecule has 0 saturated heterocycles. The van der Waals surface area contributed by atoms with E-state index in [9.17, 15) is 19.5 Å². The average molecular weight is 443 g/mol. The molecule has 32 heavy (non-hydrogen) atoms. The highest BCUT2D eigenvalue weighted by Crippen LogP contribution is 2.12. The number of hydrogen-bond acceptors (Lipinski definition) is 6. The molecule has 0 aliphatic carbocycles. The molecule has 0 aromatic heterocycles. The predicted octanol–water partition coefficient (Wildman–Crippen LogP) is 2.18. The molecule has 0 aliphatic rings. The summed E-state index contributed by atoms with van der Waals surface area (Å²) in [6, 6.07) is 12.5. The molecule has 0 saturated carbocycles. The van der Waals surface area contributed by atoms with E-state index < -0.39 is 36.2 Å². The van der Waals surface area contributed by atoms with Crippen molar-refractivity contribution in [3.8, 4) is 0 Å². The molecule has 8 heteroatoms. The molecule has 3 N–H and O–H groups in total. The van der Waals surface area contributed by atoms with Crippen LogP contribution in [0.1, 0.15) is 29.2 Å². The molecule has 2 rings (SSSR count). The van der Waals surface area contributed by atoms with Gasteiger partial charge in [0, 0.05) is 6.42 Å². The van der Waals surface area contributed by atoms with E-state index in [1.165, 1.54) is 14.0 Å². The number of methoxy groups -OCH3 is 1. The monoisotopic (exact) mass is 442 g/mol. The number of benzene rings is 2. The Labute approximate surface area is 187 Å². The molecule has 3 atom stereocenters. The second-order valence-corrected chi connectivity index (χ2v) is 7.63. The summed E-state index contributed by atoms with van der Waals surface area (Å²) in [5.74, 6) is -1.36. The van der Waals surface area contributed by atoms with Gasteiger partial charge in [-0.05, 0) is 43.0 Å². The second kappa shape index (κ2) is 11.9. The molecule has 0 bridgehead atoms. The molecule has 0 unspecified atom stereocenters. The Bertz CT molecular complexity index is 929. The highest BCUT2D eigenvalue weighted by Gasteiger charge is 2.30. The van der Waals surface area contributed by atoms with Crippen molar-refractivity contribution in [3.05, 3.63) is 70.8 Å². The van der Waals surface area contributed by atoms with Crippen LogP contribution in [0.25, 0.3) is 0 Å². The third kappa shape index (κ3) is 7.39. The molecule has 0 radical (unpaired) electrons. The second-order valence-electron chi connectivity index (χ2n) is 7.63. The number of aliphatic hydroxyl groups is 1. The maximum absolute atomic E-state index is 12.8. The number of carbonyl (C=O) groups is 3. The summed E-state index contributed by atoms with van der Waals surface area (Å²) in [5, 5.41) is 15.0. The molecule has 172 valence electrons.